The molecule has 18 heavy (non-hydrogen) atoms. The highest BCUT2D eigenvalue weighted by Crippen LogP contribution is 2.15. The number of aldehydes is 1. The van der Waals surface area contributed by atoms with Gasteiger partial charge in [-0.1, -0.05) is 46.5 Å². The number of hydrogen-bond donors (Lipinski definition) is 1. The van der Waals surface area contributed by atoms with E-state index >= 15 is 0 Å². The van der Waals surface area contributed by atoms with Crippen LogP contribution in [0, 0.1) is 0 Å². The summed E-state index contributed by atoms with van der Waals surface area (Å²) >= 11 is 0. The number of carbonyl (C=O) groups is 1. The minimum atomic E-state index is 0.742. The molecule has 0 aliphatic carbocycles. The predicted molar refractivity (Wildman–Crippen MR) is 80.1 cm³/mol. The number of aryl methyl sites for hydroxylation is 1. The molecule has 0 aliphatic heterocycles. The fraction of sp³-hybridized carbons (Fsp3) is 0.562. The first-order chi connectivity index (χ1) is 8.69. The minimum absolute atomic E-state index is 0.742. The molecule has 1 rings (SSSR count). The SMILES string of the molecule is CCC.CCCCCCc1cc(N)ccc1C=O. The van der Waals surface area contributed by atoms with Crippen LogP contribution in [0.1, 0.15) is 68.8 Å². The van der Waals surface area contributed by atoms with Gasteiger partial charge in [0.05, 0.1) is 0 Å². The maximum absolute atomic E-state index is 10.8. The van der Waals surface area contributed by atoms with Crippen LogP contribution in [0.2, 0.25) is 0 Å². The van der Waals surface area contributed by atoms with Gasteiger partial charge in [-0.25, -0.2) is 0 Å². The van der Waals surface area contributed by atoms with Crippen molar-refractivity contribution in [3.63, 3.8) is 0 Å². The van der Waals surface area contributed by atoms with E-state index in [9.17, 15) is 4.79 Å². The molecule has 2 N–H and O–H groups in total. The van der Waals surface area contributed by atoms with Crippen molar-refractivity contribution in [2.75, 3.05) is 5.73 Å². The Hall–Kier alpha value is -1.31. The number of nitrogens with two attached hydrogens (primary N) is 1. The van der Waals surface area contributed by atoms with Crippen molar-refractivity contribution in [2.45, 2.75) is 59.3 Å². The van der Waals surface area contributed by atoms with E-state index in [-0.39, 0.29) is 0 Å². The van der Waals surface area contributed by atoms with Crippen molar-refractivity contribution in [1.29, 1.82) is 0 Å². The van der Waals surface area contributed by atoms with Gasteiger partial charge in [0.25, 0.3) is 0 Å². The third-order valence-corrected chi connectivity index (χ3v) is 2.59. The zero-order chi connectivity index (χ0) is 13.8. The molecular weight excluding hydrogens is 222 g/mol. The zero-order valence-corrected chi connectivity index (χ0v) is 12.0. The topological polar surface area (TPSA) is 43.1 Å². The number of benzene rings is 1. The predicted octanol–water partition coefficient (Wildman–Crippen LogP) is 4.62. The van der Waals surface area contributed by atoms with E-state index in [1.54, 1.807) is 12.1 Å². The van der Waals surface area contributed by atoms with Gasteiger partial charge in [0.15, 0.2) is 0 Å². The van der Waals surface area contributed by atoms with Gasteiger partial charge in [0, 0.05) is 11.3 Å². The van der Waals surface area contributed by atoms with Crippen molar-refractivity contribution >= 4 is 12.0 Å². The summed E-state index contributed by atoms with van der Waals surface area (Å²) < 4.78 is 0. The molecule has 0 amide bonds. The lowest BCUT2D eigenvalue weighted by atomic mass is 10.0. The number of nitrogen functional groups attached to an aromatic ring is 1. The third kappa shape index (κ3) is 7.10. The molecule has 0 radical (unpaired) electrons. The van der Waals surface area contributed by atoms with E-state index in [4.69, 9.17) is 5.73 Å². The Morgan fingerprint density at radius 1 is 1.11 bits per heavy atom. The van der Waals surface area contributed by atoms with Crippen LogP contribution in [0.3, 0.4) is 0 Å². The molecule has 0 heterocycles. The molecule has 0 saturated heterocycles. The summed E-state index contributed by atoms with van der Waals surface area (Å²) in [6.45, 7) is 6.44. The smallest absolute Gasteiger partial charge is 0.150 e. The van der Waals surface area contributed by atoms with Crippen molar-refractivity contribution in [2.24, 2.45) is 0 Å². The largest absolute Gasteiger partial charge is 0.399 e. The normalized spacial score (nSPS) is 9.50. The summed E-state index contributed by atoms with van der Waals surface area (Å²) in [5.74, 6) is 0. The average Bonchev–Trinajstić information content (AvgIpc) is 2.36. The molecule has 0 aromatic heterocycles. The summed E-state index contributed by atoms with van der Waals surface area (Å²) in [6, 6.07) is 5.49. The van der Waals surface area contributed by atoms with Gasteiger partial charge in [-0.2, -0.15) is 0 Å². The monoisotopic (exact) mass is 249 g/mol. The lowest BCUT2D eigenvalue weighted by Crippen LogP contribution is -1.96. The van der Waals surface area contributed by atoms with Crippen LogP contribution in [0.25, 0.3) is 0 Å². The highest BCUT2D eigenvalue weighted by Gasteiger charge is 2.01. The Morgan fingerprint density at radius 2 is 1.78 bits per heavy atom. The van der Waals surface area contributed by atoms with E-state index in [0.717, 1.165) is 35.9 Å². The van der Waals surface area contributed by atoms with E-state index in [2.05, 4.69) is 20.8 Å². The van der Waals surface area contributed by atoms with Crippen molar-refractivity contribution < 1.29 is 4.79 Å². The number of carbonyl (C=O) groups excluding carboxylic acids is 1. The fourth-order valence-electron chi connectivity index (χ4n) is 1.70. The van der Waals surface area contributed by atoms with Crippen LogP contribution in [0.5, 0.6) is 0 Å². The van der Waals surface area contributed by atoms with Crippen LogP contribution >= 0.6 is 0 Å². The quantitative estimate of drug-likeness (QED) is 0.454. The van der Waals surface area contributed by atoms with Crippen LogP contribution in [0.4, 0.5) is 5.69 Å². The molecule has 0 spiro atoms. The molecule has 0 aliphatic rings. The van der Waals surface area contributed by atoms with Gasteiger partial charge in [0.1, 0.15) is 6.29 Å². The van der Waals surface area contributed by atoms with Gasteiger partial charge in [-0.05, 0) is 36.6 Å². The van der Waals surface area contributed by atoms with Crippen LogP contribution in [-0.2, 0) is 6.42 Å². The van der Waals surface area contributed by atoms with E-state index in [1.807, 2.05) is 6.07 Å². The van der Waals surface area contributed by atoms with Crippen molar-refractivity contribution in [3.05, 3.63) is 29.3 Å². The number of anilines is 1. The second kappa shape index (κ2) is 10.8. The molecule has 102 valence electrons. The van der Waals surface area contributed by atoms with E-state index < -0.39 is 0 Å². The molecule has 0 atom stereocenters. The molecule has 0 unspecified atom stereocenters. The number of hydrogen-bond acceptors (Lipinski definition) is 2. The Balaban J connectivity index is 0.000000873. The number of rotatable bonds is 6. The average molecular weight is 249 g/mol. The highest BCUT2D eigenvalue weighted by atomic mass is 16.1. The Labute approximate surface area is 112 Å². The Morgan fingerprint density at radius 3 is 2.33 bits per heavy atom. The molecule has 0 bridgehead atoms. The number of unbranched alkanes of at least 4 members (excludes halogenated alkanes) is 3. The van der Waals surface area contributed by atoms with Gasteiger partial charge < -0.3 is 5.73 Å². The maximum atomic E-state index is 10.8. The summed E-state index contributed by atoms with van der Waals surface area (Å²) in [4.78, 5) is 10.8. The summed E-state index contributed by atoms with van der Waals surface area (Å²) in [7, 11) is 0. The van der Waals surface area contributed by atoms with Crippen molar-refractivity contribution in [3.8, 4) is 0 Å². The fourth-order valence-corrected chi connectivity index (χ4v) is 1.70. The van der Waals surface area contributed by atoms with Gasteiger partial charge in [0.2, 0.25) is 0 Å². The molecule has 2 nitrogen and oxygen atoms in total. The first-order valence-electron chi connectivity index (χ1n) is 7.03. The van der Waals surface area contributed by atoms with Crippen molar-refractivity contribution in [1.82, 2.24) is 0 Å². The first-order valence-corrected chi connectivity index (χ1v) is 7.03. The van der Waals surface area contributed by atoms with Crippen LogP contribution in [0.15, 0.2) is 18.2 Å². The Kier molecular flexibility index (Phi) is 10.0. The molecule has 1 aromatic rings. The molecule has 1 aromatic carbocycles. The molecule has 0 saturated carbocycles. The van der Waals surface area contributed by atoms with E-state index in [1.165, 1.54) is 25.7 Å². The van der Waals surface area contributed by atoms with Crippen LogP contribution < -0.4 is 5.73 Å². The zero-order valence-electron chi connectivity index (χ0n) is 12.0. The summed E-state index contributed by atoms with van der Waals surface area (Å²) in [6.07, 6.45) is 7.98. The lowest BCUT2D eigenvalue weighted by Gasteiger charge is -2.05. The minimum Gasteiger partial charge on any atom is -0.399 e. The first kappa shape index (κ1) is 16.7. The molecule has 0 fully saturated rings. The summed E-state index contributed by atoms with van der Waals surface area (Å²) in [5, 5.41) is 0. The second-order valence-electron chi connectivity index (χ2n) is 4.59. The second-order valence-corrected chi connectivity index (χ2v) is 4.59. The molecule has 2 heteroatoms. The van der Waals surface area contributed by atoms with Gasteiger partial charge in [-0.3, -0.25) is 4.79 Å². The maximum Gasteiger partial charge on any atom is 0.150 e. The molecular formula is C16H27NO. The summed E-state index contributed by atoms with van der Waals surface area (Å²) in [5.41, 5.74) is 8.30. The van der Waals surface area contributed by atoms with Gasteiger partial charge in [-0.15, -0.1) is 0 Å². The van der Waals surface area contributed by atoms with E-state index in [0.29, 0.717) is 0 Å². The Bertz CT molecular complexity index is 334. The van der Waals surface area contributed by atoms with Gasteiger partial charge >= 0.3 is 0 Å². The third-order valence-electron chi connectivity index (χ3n) is 2.59. The van der Waals surface area contributed by atoms with Crippen LogP contribution in [-0.4, -0.2) is 6.29 Å². The highest BCUT2D eigenvalue weighted by molar-refractivity contribution is 5.78. The standard InChI is InChI=1S/C13H19NO.C3H8/c1-2-3-4-5-6-11-9-13(14)8-7-12(11)10-15;1-3-2/h7-10H,2-6,14H2,1H3;3H2,1-2H3. The lowest BCUT2D eigenvalue weighted by molar-refractivity contribution is 0.112.